The SMILES string of the molecule is O=C([O-])CN(CP(=O)(O)O)c1cccc(Cl)c1Cl. The van der Waals surface area contributed by atoms with Crippen LogP contribution in [0.2, 0.25) is 10.0 Å². The number of aliphatic carboxylic acids is 1. The molecule has 0 saturated heterocycles. The van der Waals surface area contributed by atoms with E-state index >= 15 is 0 Å². The standard InChI is InChI=1S/C9H10Cl2NO5P/c10-6-2-1-3-7(9(6)11)12(4-8(13)14)5-18(15,16)17/h1-3H,4-5H2,(H,13,14)(H2,15,16,17)/p-1. The molecule has 0 fully saturated rings. The Morgan fingerprint density at radius 2 is 2.00 bits per heavy atom. The summed E-state index contributed by atoms with van der Waals surface area (Å²) in [6.45, 7) is -0.703. The Labute approximate surface area is 113 Å². The Morgan fingerprint density at radius 3 is 2.50 bits per heavy atom. The van der Waals surface area contributed by atoms with E-state index in [4.69, 9.17) is 33.0 Å². The first-order valence-electron chi connectivity index (χ1n) is 4.64. The van der Waals surface area contributed by atoms with Crippen LogP contribution in [0.25, 0.3) is 0 Å². The first kappa shape index (κ1) is 15.3. The quantitative estimate of drug-likeness (QED) is 0.776. The number of carbonyl (C=O) groups excluding carboxylic acids is 1. The maximum absolute atomic E-state index is 11.0. The minimum atomic E-state index is -4.45. The van der Waals surface area contributed by atoms with Gasteiger partial charge in [0, 0.05) is 0 Å². The van der Waals surface area contributed by atoms with Gasteiger partial charge in [-0.05, 0) is 12.1 Å². The molecule has 0 aliphatic rings. The summed E-state index contributed by atoms with van der Waals surface area (Å²) in [5.74, 6) is -1.49. The number of hydrogen-bond acceptors (Lipinski definition) is 4. The van der Waals surface area contributed by atoms with Crippen molar-refractivity contribution in [2.75, 3.05) is 17.7 Å². The van der Waals surface area contributed by atoms with Crippen LogP contribution < -0.4 is 10.0 Å². The molecule has 6 nitrogen and oxygen atoms in total. The molecule has 0 bridgehead atoms. The van der Waals surface area contributed by atoms with Crippen LogP contribution in [0.1, 0.15) is 0 Å². The zero-order valence-electron chi connectivity index (χ0n) is 8.92. The Hall–Kier alpha value is -0.780. The maximum atomic E-state index is 11.0. The number of benzene rings is 1. The van der Waals surface area contributed by atoms with Crippen molar-refractivity contribution in [1.82, 2.24) is 0 Å². The third-order valence-electron chi connectivity index (χ3n) is 1.95. The summed E-state index contributed by atoms with van der Waals surface area (Å²) < 4.78 is 11.0. The van der Waals surface area contributed by atoms with E-state index in [1.165, 1.54) is 18.2 Å². The molecular weight excluding hydrogens is 304 g/mol. The molecule has 1 aromatic rings. The molecule has 0 radical (unpaired) electrons. The van der Waals surface area contributed by atoms with Gasteiger partial charge in [0.05, 0.1) is 28.2 Å². The van der Waals surface area contributed by atoms with Gasteiger partial charge in [-0.25, -0.2) is 0 Å². The summed E-state index contributed by atoms with van der Waals surface area (Å²) in [7, 11) is -4.45. The molecule has 0 atom stereocenters. The van der Waals surface area contributed by atoms with Gasteiger partial charge in [-0.1, -0.05) is 29.3 Å². The molecule has 1 aromatic carbocycles. The Kier molecular flexibility index (Phi) is 5.01. The number of nitrogens with zero attached hydrogens (tertiary/aromatic N) is 1. The van der Waals surface area contributed by atoms with Gasteiger partial charge in [-0.2, -0.15) is 0 Å². The van der Waals surface area contributed by atoms with E-state index in [-0.39, 0.29) is 15.7 Å². The van der Waals surface area contributed by atoms with E-state index in [2.05, 4.69) is 0 Å². The van der Waals surface area contributed by atoms with E-state index in [9.17, 15) is 14.5 Å². The highest BCUT2D eigenvalue weighted by molar-refractivity contribution is 7.51. The number of carboxylic acid groups (broad SMARTS) is 1. The second kappa shape index (κ2) is 5.91. The predicted molar refractivity (Wildman–Crippen MR) is 65.7 cm³/mol. The number of rotatable bonds is 5. The lowest BCUT2D eigenvalue weighted by molar-refractivity contribution is -0.303. The second-order valence-corrected chi connectivity index (χ2v) is 5.85. The average Bonchev–Trinajstić information content (AvgIpc) is 2.18. The van der Waals surface area contributed by atoms with E-state index in [0.717, 1.165) is 4.90 Å². The number of halogens is 2. The van der Waals surface area contributed by atoms with Gasteiger partial charge >= 0.3 is 7.60 Å². The minimum Gasteiger partial charge on any atom is -0.548 e. The third-order valence-corrected chi connectivity index (χ3v) is 3.47. The molecular formula is C9H9Cl2NO5P-. The summed E-state index contributed by atoms with van der Waals surface area (Å²) in [5.41, 5.74) is 0.122. The third kappa shape index (κ3) is 4.48. The first-order chi connectivity index (χ1) is 8.20. The van der Waals surface area contributed by atoms with Crippen molar-refractivity contribution in [3.8, 4) is 0 Å². The van der Waals surface area contributed by atoms with Crippen molar-refractivity contribution in [3.05, 3.63) is 28.2 Å². The van der Waals surface area contributed by atoms with Crippen molar-refractivity contribution in [1.29, 1.82) is 0 Å². The molecule has 2 N–H and O–H groups in total. The predicted octanol–water partition coefficient (Wildman–Crippen LogP) is 0.685. The Morgan fingerprint density at radius 1 is 1.39 bits per heavy atom. The second-order valence-electron chi connectivity index (χ2n) is 3.45. The van der Waals surface area contributed by atoms with E-state index in [1.807, 2.05) is 0 Å². The van der Waals surface area contributed by atoms with Crippen molar-refractivity contribution < 1.29 is 24.3 Å². The molecule has 0 aliphatic heterocycles. The zero-order chi connectivity index (χ0) is 13.9. The van der Waals surface area contributed by atoms with Crippen molar-refractivity contribution >= 4 is 42.5 Å². The number of hydrogen-bond donors (Lipinski definition) is 2. The fraction of sp³-hybridized carbons (Fsp3) is 0.222. The van der Waals surface area contributed by atoms with E-state index in [1.54, 1.807) is 0 Å². The van der Waals surface area contributed by atoms with Gasteiger partial charge in [0.15, 0.2) is 0 Å². The topological polar surface area (TPSA) is 101 Å². The van der Waals surface area contributed by atoms with Gasteiger partial charge in [0.25, 0.3) is 0 Å². The highest BCUT2D eigenvalue weighted by Crippen LogP contribution is 2.40. The van der Waals surface area contributed by atoms with Gasteiger partial charge in [0.1, 0.15) is 6.29 Å². The Balaban J connectivity index is 3.13. The molecule has 0 unspecified atom stereocenters. The Bertz CT molecular complexity index is 504. The van der Waals surface area contributed by atoms with Crippen LogP contribution in [-0.4, -0.2) is 28.6 Å². The molecule has 0 aliphatic carbocycles. The van der Waals surface area contributed by atoms with Crippen LogP contribution in [-0.2, 0) is 9.36 Å². The summed E-state index contributed by atoms with van der Waals surface area (Å²) in [4.78, 5) is 29.3. The molecule has 0 heterocycles. The smallest absolute Gasteiger partial charge is 0.344 e. The number of carbonyl (C=O) groups is 1. The number of carboxylic acids is 1. The molecule has 1 rings (SSSR count). The fourth-order valence-corrected chi connectivity index (χ4v) is 2.44. The molecule has 0 aromatic heterocycles. The largest absolute Gasteiger partial charge is 0.548 e. The average molecular weight is 313 g/mol. The fourth-order valence-electron chi connectivity index (χ4n) is 1.33. The lowest BCUT2D eigenvalue weighted by Gasteiger charge is -2.26. The molecule has 0 amide bonds. The molecule has 100 valence electrons. The lowest BCUT2D eigenvalue weighted by atomic mass is 10.3. The van der Waals surface area contributed by atoms with Crippen LogP contribution in [0.5, 0.6) is 0 Å². The highest BCUT2D eigenvalue weighted by Gasteiger charge is 2.22. The van der Waals surface area contributed by atoms with E-state index < -0.39 is 26.4 Å². The molecule has 18 heavy (non-hydrogen) atoms. The van der Waals surface area contributed by atoms with Crippen LogP contribution in [0.3, 0.4) is 0 Å². The lowest BCUT2D eigenvalue weighted by Crippen LogP contribution is -2.38. The van der Waals surface area contributed by atoms with Crippen molar-refractivity contribution in [2.24, 2.45) is 0 Å². The summed E-state index contributed by atoms with van der Waals surface area (Å²) in [5, 5.41) is 10.8. The van der Waals surface area contributed by atoms with Crippen LogP contribution >= 0.6 is 30.8 Å². The molecule has 0 spiro atoms. The first-order valence-corrected chi connectivity index (χ1v) is 7.19. The summed E-state index contributed by atoms with van der Waals surface area (Å²) in [6.07, 6.45) is -0.791. The van der Waals surface area contributed by atoms with Gasteiger partial charge in [-0.3, -0.25) is 4.57 Å². The van der Waals surface area contributed by atoms with Crippen LogP contribution in [0.15, 0.2) is 18.2 Å². The van der Waals surface area contributed by atoms with Gasteiger partial charge in [0.2, 0.25) is 0 Å². The van der Waals surface area contributed by atoms with Crippen LogP contribution in [0, 0.1) is 0 Å². The molecule has 9 heteroatoms. The monoisotopic (exact) mass is 312 g/mol. The summed E-state index contributed by atoms with van der Waals surface area (Å²) >= 11 is 11.6. The normalized spacial score (nSPS) is 11.3. The van der Waals surface area contributed by atoms with Crippen molar-refractivity contribution in [3.63, 3.8) is 0 Å². The minimum absolute atomic E-state index is 0.0221. The summed E-state index contributed by atoms with van der Waals surface area (Å²) in [6, 6.07) is 4.38. The maximum Gasteiger partial charge on any atom is 0.344 e. The number of anilines is 1. The van der Waals surface area contributed by atoms with Crippen molar-refractivity contribution in [2.45, 2.75) is 0 Å². The van der Waals surface area contributed by atoms with Gasteiger partial charge in [-0.15, -0.1) is 0 Å². The molecule has 0 saturated carbocycles. The van der Waals surface area contributed by atoms with Crippen LogP contribution in [0.4, 0.5) is 5.69 Å². The zero-order valence-corrected chi connectivity index (χ0v) is 11.3. The van der Waals surface area contributed by atoms with Gasteiger partial charge < -0.3 is 24.6 Å². The van der Waals surface area contributed by atoms with E-state index in [0.29, 0.717) is 0 Å². The highest BCUT2D eigenvalue weighted by atomic mass is 35.5.